The monoisotopic (exact) mass is 914 g/mol. The lowest BCUT2D eigenvalue weighted by Crippen LogP contribution is -2.53. The Bertz CT molecular complexity index is 2580. The molecule has 16 heteroatoms. The number of alkyl carbamates (subject to hydrolysis) is 2. The van der Waals surface area contributed by atoms with Crippen molar-refractivity contribution < 1.29 is 38.1 Å². The smallest absolute Gasteiger partial charge is 0.407 e. The number of ether oxygens (including phenoxy) is 5. The fraction of sp³-hybridized carbons (Fsp3) is 0.510. The Morgan fingerprint density at radius 1 is 0.746 bits per heavy atom. The van der Waals surface area contributed by atoms with Crippen molar-refractivity contribution in [2.75, 3.05) is 60.3 Å². The number of H-pyrrole nitrogens is 2. The molecule has 0 bridgehead atoms. The summed E-state index contributed by atoms with van der Waals surface area (Å²) in [5.74, 6) is 3.66. The normalized spacial score (nSPS) is 22.1. The molecule has 10 rings (SSSR count). The molecule has 16 nitrogen and oxygen atoms in total. The summed E-state index contributed by atoms with van der Waals surface area (Å²) in [6.45, 7) is 7.03. The van der Waals surface area contributed by atoms with Gasteiger partial charge in [-0.2, -0.15) is 0 Å². The lowest BCUT2D eigenvalue weighted by atomic mass is 9.82. The number of benzene rings is 3. The molecule has 0 unspecified atom stereocenters. The number of amides is 3. The van der Waals surface area contributed by atoms with Crippen molar-refractivity contribution in [3.8, 4) is 34.0 Å². The van der Waals surface area contributed by atoms with Gasteiger partial charge in [-0.1, -0.05) is 37.3 Å². The zero-order chi connectivity index (χ0) is 46.0. The van der Waals surface area contributed by atoms with E-state index in [4.69, 9.17) is 33.7 Å². The summed E-state index contributed by atoms with van der Waals surface area (Å²) in [5, 5.41) is 8.26. The molecule has 354 valence electrons. The van der Waals surface area contributed by atoms with E-state index >= 15 is 0 Å². The molecule has 4 saturated heterocycles. The van der Waals surface area contributed by atoms with E-state index < -0.39 is 18.2 Å². The first kappa shape index (κ1) is 44.8. The summed E-state index contributed by atoms with van der Waals surface area (Å²) < 4.78 is 27.8. The summed E-state index contributed by atoms with van der Waals surface area (Å²) >= 11 is 0. The van der Waals surface area contributed by atoms with Crippen LogP contribution in [0.1, 0.15) is 105 Å². The summed E-state index contributed by atoms with van der Waals surface area (Å²) in [6.07, 6.45) is 10.6. The van der Waals surface area contributed by atoms with Crippen LogP contribution in [0.3, 0.4) is 0 Å². The Kier molecular flexibility index (Phi) is 13.2. The first-order chi connectivity index (χ1) is 32.8. The van der Waals surface area contributed by atoms with Gasteiger partial charge in [0.15, 0.2) is 0 Å². The zero-order valence-electron chi connectivity index (χ0n) is 38.7. The molecule has 5 aliphatic rings. The molecule has 7 heterocycles. The maximum atomic E-state index is 14.1. The molecule has 5 aromatic rings. The topological polar surface area (TPSA) is 185 Å². The van der Waals surface area contributed by atoms with Crippen molar-refractivity contribution in [3.05, 3.63) is 83.7 Å². The number of aromatic nitrogens is 4. The Morgan fingerprint density at radius 3 is 2.10 bits per heavy atom. The molecule has 3 amide bonds. The Hall–Kier alpha value is -5.97. The van der Waals surface area contributed by atoms with Crippen molar-refractivity contribution in [2.24, 2.45) is 11.8 Å². The summed E-state index contributed by atoms with van der Waals surface area (Å²) in [6, 6.07) is 16.4. The molecule has 0 aliphatic carbocycles. The molecular formula is C51H62N8O8. The number of methoxy groups -OCH3 is 2. The van der Waals surface area contributed by atoms with E-state index in [9.17, 15) is 14.4 Å². The fourth-order valence-electron chi connectivity index (χ4n) is 11.4. The molecule has 5 atom stereocenters. The van der Waals surface area contributed by atoms with Gasteiger partial charge in [0.05, 0.1) is 50.1 Å². The fourth-order valence-corrected chi connectivity index (χ4v) is 11.4. The van der Waals surface area contributed by atoms with E-state index in [2.05, 4.69) is 81.0 Å². The van der Waals surface area contributed by atoms with Gasteiger partial charge in [0.1, 0.15) is 29.2 Å². The van der Waals surface area contributed by atoms with E-state index in [1.165, 1.54) is 19.8 Å². The van der Waals surface area contributed by atoms with Crippen LogP contribution < -0.4 is 15.4 Å². The lowest BCUT2D eigenvalue weighted by molar-refractivity contribution is -0.136. The SMILES string of the molecule is CC[C@@H]1c2ccc(-c3cnc([C@@H]4CCCN4C(=O)[C@@H](NC(=O)OC)C4CCOCC4)[nH]3)cc2Oc2ccc3cc(-c4cnc([C@@H]5CCCN5C[C@@H](NC(=O)OC)C5CCOCC5)[nH]4)ccc3c21. The van der Waals surface area contributed by atoms with Crippen LogP contribution in [0.5, 0.6) is 11.5 Å². The van der Waals surface area contributed by atoms with E-state index in [-0.39, 0.29) is 35.9 Å². The van der Waals surface area contributed by atoms with Gasteiger partial charge in [0.2, 0.25) is 5.91 Å². The highest BCUT2D eigenvalue weighted by molar-refractivity contribution is 5.93. The number of rotatable bonds is 12. The second-order valence-corrected chi connectivity index (χ2v) is 18.7. The number of hydrogen-bond acceptors (Lipinski definition) is 11. The third-order valence-electron chi connectivity index (χ3n) is 14.9. The number of carbonyl (C=O) groups excluding carboxylic acids is 3. The number of nitrogens with one attached hydrogen (secondary N) is 4. The highest BCUT2D eigenvalue weighted by atomic mass is 16.5. The summed E-state index contributed by atoms with van der Waals surface area (Å²) in [7, 11) is 2.74. The Labute approximate surface area is 390 Å². The highest BCUT2D eigenvalue weighted by Gasteiger charge is 2.41. The minimum absolute atomic E-state index is 0.0259. The molecule has 0 saturated carbocycles. The molecular weight excluding hydrogens is 853 g/mol. The zero-order valence-corrected chi connectivity index (χ0v) is 38.7. The van der Waals surface area contributed by atoms with Gasteiger partial charge >= 0.3 is 12.2 Å². The standard InChI is InChI=1S/C51H62N8O8/c1-4-35-37-13-10-34(39-28-53-48(55-39)42-8-6-20-59(42)49(60)46(57-51(62)64-3)31-17-23-66-24-18-31)26-44(37)67-43-14-11-32-25-33(9-12-36(32)45(35)43)38-27-52-47(54-38)41-7-5-19-58(41)29-40(56-50(61)63-2)30-15-21-65-22-16-30/h9-14,25-28,30-31,35,40-42,46H,4-8,15-24,29H2,1-3H3,(H,52,54)(H,53,55)(H,56,61)(H,57,62)/t35-,40-,41+,42+,46+/m1/s1. The summed E-state index contributed by atoms with van der Waals surface area (Å²) in [4.78, 5) is 60.1. The van der Waals surface area contributed by atoms with E-state index in [1.54, 1.807) is 0 Å². The van der Waals surface area contributed by atoms with Crippen LogP contribution in [0.2, 0.25) is 0 Å². The maximum Gasteiger partial charge on any atom is 0.407 e. The second-order valence-electron chi connectivity index (χ2n) is 18.7. The minimum atomic E-state index is -0.692. The van der Waals surface area contributed by atoms with Gasteiger partial charge in [-0.25, -0.2) is 19.6 Å². The van der Waals surface area contributed by atoms with Gasteiger partial charge in [-0.3, -0.25) is 9.69 Å². The Morgan fingerprint density at radius 2 is 1.39 bits per heavy atom. The van der Waals surface area contributed by atoms with E-state index in [1.807, 2.05) is 17.3 Å². The number of fused-ring (bicyclic) bond motifs is 4. The lowest BCUT2D eigenvalue weighted by Gasteiger charge is -2.34. The van der Waals surface area contributed by atoms with Crippen LogP contribution in [0, 0.1) is 11.8 Å². The van der Waals surface area contributed by atoms with Gasteiger partial charge in [0, 0.05) is 73.7 Å². The van der Waals surface area contributed by atoms with Crippen molar-refractivity contribution in [1.82, 2.24) is 40.4 Å². The first-order valence-electron chi connectivity index (χ1n) is 24.2. The average molecular weight is 915 g/mol. The molecule has 4 N–H and O–H groups in total. The highest BCUT2D eigenvalue weighted by Crippen LogP contribution is 2.50. The maximum absolute atomic E-state index is 14.1. The van der Waals surface area contributed by atoms with Gasteiger partial charge < -0.3 is 49.2 Å². The largest absolute Gasteiger partial charge is 0.457 e. The molecule has 2 aromatic heterocycles. The van der Waals surface area contributed by atoms with Crippen molar-refractivity contribution in [1.29, 1.82) is 0 Å². The minimum Gasteiger partial charge on any atom is -0.457 e. The van der Waals surface area contributed by atoms with Crippen molar-refractivity contribution >= 4 is 28.9 Å². The van der Waals surface area contributed by atoms with Crippen LogP contribution in [-0.2, 0) is 23.7 Å². The Balaban J connectivity index is 0.847. The summed E-state index contributed by atoms with van der Waals surface area (Å²) in [5.41, 5.74) is 6.16. The average Bonchev–Trinajstić information content (AvgIpc) is 4.23. The van der Waals surface area contributed by atoms with Gasteiger partial charge in [0.25, 0.3) is 0 Å². The van der Waals surface area contributed by atoms with Crippen LogP contribution in [0.4, 0.5) is 9.59 Å². The molecule has 5 aliphatic heterocycles. The number of aromatic amines is 2. The number of imidazole rings is 2. The van der Waals surface area contributed by atoms with Crippen LogP contribution in [0.25, 0.3) is 33.3 Å². The van der Waals surface area contributed by atoms with Gasteiger partial charge in [-0.05, 0) is 105 Å². The second kappa shape index (κ2) is 19.7. The van der Waals surface area contributed by atoms with Crippen molar-refractivity contribution in [3.63, 3.8) is 0 Å². The van der Waals surface area contributed by atoms with E-state index in [0.29, 0.717) is 51.7 Å². The number of likely N-dealkylation sites (tertiary alicyclic amines) is 2. The van der Waals surface area contributed by atoms with E-state index in [0.717, 1.165) is 120 Å². The molecule has 0 spiro atoms. The van der Waals surface area contributed by atoms with Crippen LogP contribution >= 0.6 is 0 Å². The third-order valence-corrected chi connectivity index (χ3v) is 14.9. The molecule has 0 radical (unpaired) electrons. The molecule has 3 aromatic carbocycles. The number of hydrogen-bond donors (Lipinski definition) is 4. The third kappa shape index (κ3) is 9.10. The van der Waals surface area contributed by atoms with Crippen molar-refractivity contribution in [2.45, 2.75) is 94.8 Å². The molecule has 4 fully saturated rings. The molecule has 67 heavy (non-hydrogen) atoms. The van der Waals surface area contributed by atoms with Gasteiger partial charge in [-0.15, -0.1) is 0 Å². The number of carbonyl (C=O) groups is 3. The first-order valence-corrected chi connectivity index (χ1v) is 24.2. The number of nitrogens with zero attached hydrogens (tertiary/aromatic N) is 4. The predicted octanol–water partition coefficient (Wildman–Crippen LogP) is 8.37. The quantitative estimate of drug-likeness (QED) is 0.0943. The predicted molar refractivity (Wildman–Crippen MR) is 251 cm³/mol. The van der Waals surface area contributed by atoms with Crippen LogP contribution in [-0.4, -0.2) is 120 Å². The van der Waals surface area contributed by atoms with Crippen LogP contribution in [0.15, 0.2) is 60.9 Å².